The highest BCUT2D eigenvalue weighted by Crippen LogP contribution is 2.34. The lowest BCUT2D eigenvalue weighted by Crippen LogP contribution is -2.52. The lowest BCUT2D eigenvalue weighted by Gasteiger charge is -2.32. The van der Waals surface area contributed by atoms with Crippen molar-refractivity contribution < 1.29 is 32.2 Å². The maximum Gasteiger partial charge on any atom is 0.264 e. The molecule has 0 saturated heterocycles. The van der Waals surface area contributed by atoms with Crippen molar-refractivity contribution in [2.24, 2.45) is 0 Å². The lowest BCUT2D eigenvalue weighted by molar-refractivity contribution is -0.139. The second kappa shape index (κ2) is 14.6. The number of carbonyl (C=O) groups is 2. The van der Waals surface area contributed by atoms with Crippen molar-refractivity contribution in [2.75, 3.05) is 32.2 Å². The highest BCUT2D eigenvalue weighted by atomic mass is 32.2. The normalized spacial score (nSPS) is 12.5. The minimum absolute atomic E-state index is 0.0110. The van der Waals surface area contributed by atoms with Crippen LogP contribution in [0.5, 0.6) is 17.2 Å². The molecule has 226 valence electrons. The molecule has 0 unspecified atom stereocenters. The van der Waals surface area contributed by atoms with Gasteiger partial charge in [-0.15, -0.1) is 0 Å². The molecular formula is C31H39N3O7S. The number of methoxy groups -OCH3 is 3. The number of hydrogen-bond acceptors (Lipinski definition) is 7. The molecule has 0 aliphatic rings. The number of sulfonamides is 1. The molecule has 11 heteroatoms. The van der Waals surface area contributed by atoms with Crippen molar-refractivity contribution in [1.29, 1.82) is 0 Å². The van der Waals surface area contributed by atoms with E-state index in [-0.39, 0.29) is 29.1 Å². The molecule has 1 N–H and O–H groups in total. The molecular weight excluding hydrogens is 558 g/mol. The van der Waals surface area contributed by atoms with Crippen LogP contribution >= 0.6 is 0 Å². The number of nitrogens with one attached hydrogen (secondary N) is 1. The van der Waals surface area contributed by atoms with E-state index in [1.165, 1.54) is 37.3 Å². The van der Waals surface area contributed by atoms with E-state index in [4.69, 9.17) is 14.2 Å². The zero-order valence-electron chi connectivity index (χ0n) is 24.9. The van der Waals surface area contributed by atoms with Gasteiger partial charge in [0.15, 0.2) is 11.5 Å². The van der Waals surface area contributed by atoms with Gasteiger partial charge in [0.25, 0.3) is 10.0 Å². The Kier molecular flexibility index (Phi) is 11.2. The van der Waals surface area contributed by atoms with Gasteiger partial charge in [0, 0.05) is 18.7 Å². The van der Waals surface area contributed by atoms with Gasteiger partial charge in [-0.2, -0.15) is 0 Å². The van der Waals surface area contributed by atoms with Gasteiger partial charge in [-0.25, -0.2) is 8.42 Å². The Morgan fingerprint density at radius 1 is 0.857 bits per heavy atom. The SMILES string of the molecule is CC[C@H](C)NC(=O)[C@H](C)N(Cc1ccc(OC)cc1)C(=O)CN(c1ccc(OC)c(OC)c1)S(=O)(=O)c1ccccc1. The zero-order valence-corrected chi connectivity index (χ0v) is 25.7. The van der Waals surface area contributed by atoms with Crippen LogP contribution in [-0.2, 0) is 26.2 Å². The van der Waals surface area contributed by atoms with Gasteiger partial charge in [0.05, 0.1) is 31.9 Å². The maximum absolute atomic E-state index is 14.1. The summed E-state index contributed by atoms with van der Waals surface area (Å²) in [4.78, 5) is 28.7. The summed E-state index contributed by atoms with van der Waals surface area (Å²) in [5, 5.41) is 2.92. The Morgan fingerprint density at radius 3 is 2.07 bits per heavy atom. The van der Waals surface area contributed by atoms with Crippen molar-refractivity contribution in [3.05, 3.63) is 78.4 Å². The smallest absolute Gasteiger partial charge is 0.264 e. The molecule has 0 fully saturated rings. The highest BCUT2D eigenvalue weighted by Gasteiger charge is 2.33. The second-order valence-corrected chi connectivity index (χ2v) is 11.6. The summed E-state index contributed by atoms with van der Waals surface area (Å²) < 4.78 is 44.9. The summed E-state index contributed by atoms with van der Waals surface area (Å²) in [6.07, 6.45) is 0.716. The fourth-order valence-corrected chi connectivity index (χ4v) is 5.63. The lowest BCUT2D eigenvalue weighted by atomic mass is 10.1. The van der Waals surface area contributed by atoms with E-state index in [9.17, 15) is 18.0 Å². The summed E-state index contributed by atoms with van der Waals surface area (Å²) in [7, 11) is 0.268. The third-order valence-corrected chi connectivity index (χ3v) is 8.73. The number of anilines is 1. The molecule has 0 saturated carbocycles. The van der Waals surface area contributed by atoms with E-state index in [2.05, 4.69) is 5.32 Å². The van der Waals surface area contributed by atoms with Crippen molar-refractivity contribution in [3.63, 3.8) is 0 Å². The Labute approximate surface area is 248 Å². The van der Waals surface area contributed by atoms with E-state index in [0.29, 0.717) is 23.7 Å². The van der Waals surface area contributed by atoms with E-state index in [1.807, 2.05) is 13.8 Å². The molecule has 3 rings (SSSR count). The topological polar surface area (TPSA) is 114 Å². The van der Waals surface area contributed by atoms with Gasteiger partial charge in [-0.3, -0.25) is 13.9 Å². The fraction of sp³-hybridized carbons (Fsp3) is 0.355. The molecule has 0 aromatic heterocycles. The molecule has 0 radical (unpaired) electrons. The summed E-state index contributed by atoms with van der Waals surface area (Å²) in [5.74, 6) is 0.447. The Balaban J connectivity index is 2.06. The number of ether oxygens (including phenoxy) is 3. The Morgan fingerprint density at radius 2 is 1.50 bits per heavy atom. The van der Waals surface area contributed by atoms with Crippen LogP contribution < -0.4 is 23.8 Å². The maximum atomic E-state index is 14.1. The predicted octanol–water partition coefficient (Wildman–Crippen LogP) is 4.24. The molecule has 3 aromatic carbocycles. The van der Waals surface area contributed by atoms with Crippen molar-refractivity contribution in [1.82, 2.24) is 10.2 Å². The number of hydrogen-bond donors (Lipinski definition) is 1. The first-order valence-corrected chi connectivity index (χ1v) is 15.0. The minimum Gasteiger partial charge on any atom is -0.497 e. The van der Waals surface area contributed by atoms with Crippen LogP contribution in [0.4, 0.5) is 5.69 Å². The number of amides is 2. The van der Waals surface area contributed by atoms with E-state index in [1.54, 1.807) is 68.6 Å². The average Bonchev–Trinajstić information content (AvgIpc) is 3.02. The molecule has 3 aromatic rings. The van der Waals surface area contributed by atoms with Crippen LogP contribution in [0.2, 0.25) is 0 Å². The zero-order chi connectivity index (χ0) is 30.9. The van der Waals surface area contributed by atoms with Crippen molar-refractivity contribution in [2.45, 2.75) is 50.7 Å². The number of rotatable bonds is 14. The molecule has 0 aliphatic carbocycles. The number of nitrogens with zero attached hydrogens (tertiary/aromatic N) is 2. The van der Waals surface area contributed by atoms with Gasteiger partial charge in [0.1, 0.15) is 18.3 Å². The van der Waals surface area contributed by atoms with Crippen LogP contribution in [0, 0.1) is 0 Å². The first-order chi connectivity index (χ1) is 20.0. The predicted molar refractivity (Wildman–Crippen MR) is 161 cm³/mol. The molecule has 2 amide bonds. The Bertz CT molecular complexity index is 1450. The Hall–Kier alpha value is -4.25. The van der Waals surface area contributed by atoms with Crippen LogP contribution in [0.15, 0.2) is 77.7 Å². The third kappa shape index (κ3) is 7.73. The van der Waals surface area contributed by atoms with Gasteiger partial charge in [-0.1, -0.05) is 37.3 Å². The van der Waals surface area contributed by atoms with Gasteiger partial charge in [0.2, 0.25) is 11.8 Å². The first kappa shape index (κ1) is 32.3. The summed E-state index contributed by atoms with van der Waals surface area (Å²) >= 11 is 0. The second-order valence-electron chi connectivity index (χ2n) is 9.73. The van der Waals surface area contributed by atoms with Gasteiger partial charge in [-0.05, 0) is 62.2 Å². The quantitative estimate of drug-likeness (QED) is 0.296. The van der Waals surface area contributed by atoms with Crippen LogP contribution in [0.25, 0.3) is 0 Å². The molecule has 0 aliphatic heterocycles. The fourth-order valence-electron chi connectivity index (χ4n) is 4.20. The molecule has 10 nitrogen and oxygen atoms in total. The molecule has 42 heavy (non-hydrogen) atoms. The molecule has 2 atom stereocenters. The minimum atomic E-state index is -4.21. The van der Waals surface area contributed by atoms with Gasteiger partial charge >= 0.3 is 0 Å². The van der Waals surface area contributed by atoms with E-state index in [0.717, 1.165) is 9.87 Å². The van der Waals surface area contributed by atoms with Crippen molar-refractivity contribution >= 4 is 27.5 Å². The molecule has 0 spiro atoms. The molecule has 0 bridgehead atoms. The van der Waals surface area contributed by atoms with Crippen LogP contribution in [0.1, 0.15) is 32.8 Å². The average molecular weight is 598 g/mol. The number of carbonyl (C=O) groups excluding carboxylic acids is 2. The van der Waals surface area contributed by atoms with Crippen LogP contribution in [-0.4, -0.2) is 65.1 Å². The first-order valence-electron chi connectivity index (χ1n) is 13.6. The third-order valence-electron chi connectivity index (χ3n) is 6.95. The van der Waals surface area contributed by atoms with E-state index < -0.39 is 28.5 Å². The summed E-state index contributed by atoms with van der Waals surface area (Å²) in [6, 6.07) is 18.6. The highest BCUT2D eigenvalue weighted by molar-refractivity contribution is 7.92. The van der Waals surface area contributed by atoms with Crippen molar-refractivity contribution in [3.8, 4) is 17.2 Å². The van der Waals surface area contributed by atoms with Gasteiger partial charge < -0.3 is 24.4 Å². The number of benzene rings is 3. The van der Waals surface area contributed by atoms with Crippen LogP contribution in [0.3, 0.4) is 0 Å². The summed E-state index contributed by atoms with van der Waals surface area (Å²) in [6.45, 7) is 4.97. The molecule has 0 heterocycles. The standard InChI is InChI=1S/C31H39N3O7S/c1-7-22(2)32-31(36)23(3)33(20-24-13-16-26(39-4)17-14-24)30(35)21-34(42(37,38)27-11-9-8-10-12-27)25-15-18-28(40-5)29(19-25)41-6/h8-19,22-23H,7,20-21H2,1-6H3,(H,32,36)/t22-,23-/m0/s1. The summed E-state index contributed by atoms with van der Waals surface area (Å²) in [5.41, 5.74) is 0.946. The largest absolute Gasteiger partial charge is 0.497 e. The van der Waals surface area contributed by atoms with E-state index >= 15 is 0 Å². The monoisotopic (exact) mass is 597 g/mol.